The zero-order valence-electron chi connectivity index (χ0n) is 13.7. The van der Waals surface area contributed by atoms with Crippen molar-refractivity contribution in [1.29, 1.82) is 0 Å². The molecule has 1 amide bonds. The largest absolute Gasteiger partial charge is 0.392 e. The van der Waals surface area contributed by atoms with E-state index in [1.807, 2.05) is 24.4 Å². The maximum atomic E-state index is 12.1. The topological polar surface area (TPSA) is 61.8 Å². The van der Waals surface area contributed by atoms with E-state index < -0.39 is 0 Å². The van der Waals surface area contributed by atoms with E-state index in [0.717, 1.165) is 32.4 Å². The van der Waals surface area contributed by atoms with Crippen molar-refractivity contribution in [1.82, 2.24) is 10.2 Å². The predicted octanol–water partition coefficient (Wildman–Crippen LogP) is 1.62. The average molecular weight is 338 g/mol. The molecule has 5 nitrogen and oxygen atoms in total. The molecule has 2 aliphatic rings. The second-order valence-electron chi connectivity index (χ2n) is 6.56. The van der Waals surface area contributed by atoms with Gasteiger partial charge in [-0.2, -0.15) is 0 Å². The molecule has 2 unspecified atom stereocenters. The molecule has 1 aliphatic heterocycles. The Morgan fingerprint density at radius 3 is 2.91 bits per heavy atom. The Morgan fingerprint density at radius 2 is 2.30 bits per heavy atom. The second-order valence-corrected chi connectivity index (χ2v) is 7.59. The lowest BCUT2D eigenvalue weighted by Crippen LogP contribution is -2.62. The third-order valence-corrected chi connectivity index (χ3v) is 6.18. The molecule has 2 N–H and O–H groups in total. The van der Waals surface area contributed by atoms with Crippen LogP contribution in [0.1, 0.15) is 31.1 Å². The maximum Gasteiger partial charge on any atom is 0.234 e. The van der Waals surface area contributed by atoms with Gasteiger partial charge >= 0.3 is 0 Å². The van der Waals surface area contributed by atoms with Crippen molar-refractivity contribution < 1.29 is 14.6 Å². The summed E-state index contributed by atoms with van der Waals surface area (Å²) < 4.78 is 5.78. The van der Waals surface area contributed by atoms with Gasteiger partial charge < -0.3 is 15.2 Å². The van der Waals surface area contributed by atoms with Crippen molar-refractivity contribution in [2.45, 2.75) is 44.9 Å². The van der Waals surface area contributed by atoms with E-state index in [-0.39, 0.29) is 23.5 Å². The van der Waals surface area contributed by atoms with Gasteiger partial charge in [0.1, 0.15) is 0 Å². The first-order valence-electron chi connectivity index (χ1n) is 8.45. The van der Waals surface area contributed by atoms with Crippen LogP contribution in [-0.4, -0.2) is 54.4 Å². The number of carbonyl (C=O) groups excluding carboxylic acids is 1. The number of rotatable bonds is 6. The van der Waals surface area contributed by atoms with Gasteiger partial charge in [-0.1, -0.05) is 6.07 Å². The van der Waals surface area contributed by atoms with Crippen molar-refractivity contribution in [3.8, 4) is 0 Å². The molecule has 23 heavy (non-hydrogen) atoms. The van der Waals surface area contributed by atoms with E-state index >= 15 is 0 Å². The molecule has 0 aromatic carbocycles. The number of nitrogens with zero attached hydrogens (tertiary/aromatic N) is 1. The average Bonchev–Trinajstić information content (AvgIpc) is 3.07. The molecule has 0 radical (unpaired) electrons. The SMILES string of the molecule is CCOC1CC(O)C12CCN(CC(=O)NCc1cccs1)CC2. The van der Waals surface area contributed by atoms with Gasteiger partial charge in [0, 0.05) is 23.3 Å². The Hall–Kier alpha value is -0.950. The monoisotopic (exact) mass is 338 g/mol. The molecule has 128 valence electrons. The third kappa shape index (κ3) is 3.60. The molecule has 2 fully saturated rings. The summed E-state index contributed by atoms with van der Waals surface area (Å²) in [6, 6.07) is 4.02. The minimum atomic E-state index is -0.242. The number of ether oxygens (including phenoxy) is 1. The zero-order valence-corrected chi connectivity index (χ0v) is 14.5. The number of nitrogens with one attached hydrogen (secondary N) is 1. The molecule has 1 saturated heterocycles. The van der Waals surface area contributed by atoms with Gasteiger partial charge in [0.15, 0.2) is 0 Å². The fraction of sp³-hybridized carbons (Fsp3) is 0.706. The van der Waals surface area contributed by atoms with Crippen LogP contribution >= 0.6 is 11.3 Å². The highest BCUT2D eigenvalue weighted by atomic mass is 32.1. The maximum absolute atomic E-state index is 12.1. The number of hydrogen-bond acceptors (Lipinski definition) is 5. The Morgan fingerprint density at radius 1 is 1.52 bits per heavy atom. The highest BCUT2D eigenvalue weighted by Gasteiger charge is 2.55. The van der Waals surface area contributed by atoms with Crippen molar-refractivity contribution >= 4 is 17.2 Å². The smallest absolute Gasteiger partial charge is 0.234 e. The number of carbonyl (C=O) groups is 1. The first-order valence-corrected chi connectivity index (χ1v) is 9.33. The molecule has 2 heterocycles. The van der Waals surface area contributed by atoms with Gasteiger partial charge in [-0.25, -0.2) is 0 Å². The lowest BCUT2D eigenvalue weighted by atomic mass is 9.58. The predicted molar refractivity (Wildman–Crippen MR) is 90.3 cm³/mol. The quantitative estimate of drug-likeness (QED) is 0.827. The minimum Gasteiger partial charge on any atom is -0.392 e. The summed E-state index contributed by atoms with van der Waals surface area (Å²) in [4.78, 5) is 15.4. The molecule has 1 aromatic rings. The molecule has 1 saturated carbocycles. The zero-order chi connectivity index (χ0) is 16.3. The van der Waals surface area contributed by atoms with Gasteiger partial charge in [0.25, 0.3) is 0 Å². The van der Waals surface area contributed by atoms with Gasteiger partial charge in [0.05, 0.1) is 25.3 Å². The van der Waals surface area contributed by atoms with Crippen molar-refractivity contribution in [3.63, 3.8) is 0 Å². The third-order valence-electron chi connectivity index (χ3n) is 5.30. The fourth-order valence-electron chi connectivity index (χ4n) is 3.80. The Labute approximate surface area is 141 Å². The normalized spacial score (nSPS) is 26.9. The molecular weight excluding hydrogens is 312 g/mol. The fourth-order valence-corrected chi connectivity index (χ4v) is 4.45. The second kappa shape index (κ2) is 7.30. The highest BCUT2D eigenvalue weighted by Crippen LogP contribution is 2.50. The summed E-state index contributed by atoms with van der Waals surface area (Å²) in [7, 11) is 0. The Balaban J connectivity index is 1.43. The minimum absolute atomic E-state index is 0.0695. The van der Waals surface area contributed by atoms with Gasteiger partial charge in [-0.3, -0.25) is 9.69 Å². The van der Waals surface area contributed by atoms with Crippen molar-refractivity contribution in [3.05, 3.63) is 22.4 Å². The van der Waals surface area contributed by atoms with E-state index in [1.54, 1.807) is 11.3 Å². The molecule has 3 rings (SSSR count). The van der Waals surface area contributed by atoms with Crippen LogP contribution in [0.25, 0.3) is 0 Å². The van der Waals surface area contributed by atoms with Gasteiger partial charge in [-0.15, -0.1) is 11.3 Å². The van der Waals surface area contributed by atoms with Crippen molar-refractivity contribution in [2.75, 3.05) is 26.2 Å². The first kappa shape index (κ1) is 16.9. The summed E-state index contributed by atoms with van der Waals surface area (Å²) in [5.41, 5.74) is -0.0695. The van der Waals surface area contributed by atoms with E-state index in [0.29, 0.717) is 19.7 Å². The standard InChI is InChI=1S/C17H26N2O3S/c1-2-22-15-10-14(20)17(15)5-7-19(8-6-17)12-16(21)18-11-13-4-3-9-23-13/h3-4,9,14-15,20H,2,5-8,10-12H2,1H3,(H,18,21). The van der Waals surface area contributed by atoms with Crippen LogP contribution < -0.4 is 5.32 Å². The summed E-state index contributed by atoms with van der Waals surface area (Å²) in [5.74, 6) is 0.0740. The number of piperidine rings is 1. The number of aliphatic hydroxyl groups is 1. The number of aliphatic hydroxyl groups excluding tert-OH is 1. The van der Waals surface area contributed by atoms with Crippen LogP contribution in [0.4, 0.5) is 0 Å². The summed E-state index contributed by atoms with van der Waals surface area (Å²) in [5, 5.41) is 15.2. The molecule has 0 bridgehead atoms. The Bertz CT molecular complexity index is 510. The van der Waals surface area contributed by atoms with Gasteiger partial charge in [0.2, 0.25) is 5.91 Å². The molecule has 1 aliphatic carbocycles. The van der Waals surface area contributed by atoms with E-state index in [2.05, 4.69) is 10.2 Å². The van der Waals surface area contributed by atoms with Crippen LogP contribution in [0.2, 0.25) is 0 Å². The van der Waals surface area contributed by atoms with E-state index in [9.17, 15) is 9.90 Å². The molecule has 1 aromatic heterocycles. The molecule has 6 heteroatoms. The number of thiophene rings is 1. The van der Waals surface area contributed by atoms with Crippen LogP contribution in [0.5, 0.6) is 0 Å². The first-order chi connectivity index (χ1) is 11.1. The lowest BCUT2D eigenvalue weighted by Gasteiger charge is -2.56. The summed E-state index contributed by atoms with van der Waals surface area (Å²) in [6.07, 6.45) is 2.54. The van der Waals surface area contributed by atoms with Crippen molar-refractivity contribution in [2.24, 2.45) is 5.41 Å². The van der Waals surface area contributed by atoms with Gasteiger partial charge in [-0.05, 0) is 44.3 Å². The molecular formula is C17H26N2O3S. The summed E-state index contributed by atoms with van der Waals surface area (Å²) in [6.45, 7) is 5.47. The van der Waals surface area contributed by atoms with Crippen LogP contribution in [-0.2, 0) is 16.1 Å². The highest BCUT2D eigenvalue weighted by molar-refractivity contribution is 7.09. The number of likely N-dealkylation sites (tertiary alicyclic amines) is 1. The van der Waals surface area contributed by atoms with Crippen LogP contribution in [0.15, 0.2) is 17.5 Å². The lowest BCUT2D eigenvalue weighted by molar-refractivity contribution is -0.209. The van der Waals surface area contributed by atoms with Crippen LogP contribution in [0, 0.1) is 5.41 Å². The van der Waals surface area contributed by atoms with E-state index in [1.165, 1.54) is 4.88 Å². The summed E-state index contributed by atoms with van der Waals surface area (Å²) >= 11 is 1.66. The van der Waals surface area contributed by atoms with E-state index in [4.69, 9.17) is 4.74 Å². The number of hydrogen-bond donors (Lipinski definition) is 2. The molecule has 1 spiro atoms. The Kier molecular flexibility index (Phi) is 5.36. The number of amides is 1. The molecule has 2 atom stereocenters. The van der Waals surface area contributed by atoms with Crippen LogP contribution in [0.3, 0.4) is 0 Å².